The van der Waals surface area contributed by atoms with Gasteiger partial charge in [0, 0.05) is 0 Å². The number of unbranched alkanes of at least 4 members (excludes halogenated alkanes) is 12. The molecule has 0 aliphatic rings. The number of quaternary nitrogens is 1. The SMILES string of the molecule is CCCCCCCCCCCCCCC[NH+](C)C.Cc1ccc(S(=O)(=O)[O-])cc1. The van der Waals surface area contributed by atoms with Gasteiger partial charge in [0.15, 0.2) is 0 Å². The monoisotopic (exact) mass is 427 g/mol. The Labute approximate surface area is 180 Å². The maximum Gasteiger partial charge on any atom is 0.124 e. The third kappa shape index (κ3) is 18.8. The minimum atomic E-state index is -4.27. The van der Waals surface area contributed by atoms with Gasteiger partial charge in [-0.3, -0.25) is 0 Å². The smallest absolute Gasteiger partial charge is 0.124 e. The second-order valence-corrected chi connectivity index (χ2v) is 9.85. The van der Waals surface area contributed by atoms with E-state index in [1.807, 2.05) is 6.92 Å². The van der Waals surface area contributed by atoms with Gasteiger partial charge < -0.3 is 9.45 Å². The Morgan fingerprint density at radius 1 is 0.724 bits per heavy atom. The summed E-state index contributed by atoms with van der Waals surface area (Å²) in [5, 5.41) is 0. The van der Waals surface area contributed by atoms with Crippen LogP contribution in [0.1, 0.15) is 96.0 Å². The normalized spacial score (nSPS) is 11.4. The van der Waals surface area contributed by atoms with Crippen LogP contribution in [-0.4, -0.2) is 33.6 Å². The lowest BCUT2D eigenvalue weighted by molar-refractivity contribution is -0.858. The first-order chi connectivity index (χ1) is 13.8. The van der Waals surface area contributed by atoms with Crippen LogP contribution in [0.15, 0.2) is 29.2 Å². The lowest BCUT2D eigenvalue weighted by atomic mass is 10.0. The number of hydrogen-bond donors (Lipinski definition) is 1. The molecule has 0 fully saturated rings. The Hall–Kier alpha value is -0.910. The van der Waals surface area contributed by atoms with Gasteiger partial charge in [0.2, 0.25) is 0 Å². The molecule has 0 radical (unpaired) electrons. The first-order valence-electron chi connectivity index (χ1n) is 11.6. The average molecular weight is 428 g/mol. The van der Waals surface area contributed by atoms with Crippen molar-refractivity contribution in [2.75, 3.05) is 20.6 Å². The van der Waals surface area contributed by atoms with Gasteiger partial charge in [0.1, 0.15) is 10.1 Å². The van der Waals surface area contributed by atoms with Gasteiger partial charge in [-0.05, 0) is 31.9 Å². The molecular formula is C24H45NO3S. The quantitative estimate of drug-likeness (QED) is 0.312. The van der Waals surface area contributed by atoms with Gasteiger partial charge in [-0.15, -0.1) is 0 Å². The van der Waals surface area contributed by atoms with Crippen LogP contribution >= 0.6 is 0 Å². The fraction of sp³-hybridized carbons (Fsp3) is 0.750. The molecule has 1 aromatic rings. The van der Waals surface area contributed by atoms with E-state index in [0.717, 1.165) is 5.56 Å². The zero-order valence-electron chi connectivity index (χ0n) is 19.3. The second kappa shape index (κ2) is 17.9. The predicted octanol–water partition coefficient (Wildman–Crippen LogP) is 5.12. The summed E-state index contributed by atoms with van der Waals surface area (Å²) in [6.07, 6.45) is 18.9. The molecule has 0 spiro atoms. The fourth-order valence-corrected chi connectivity index (χ4v) is 3.67. The van der Waals surface area contributed by atoms with Gasteiger partial charge in [0.25, 0.3) is 0 Å². The summed E-state index contributed by atoms with van der Waals surface area (Å²) in [5.74, 6) is 0. The van der Waals surface area contributed by atoms with Crippen LogP contribution in [0.4, 0.5) is 0 Å². The molecule has 1 N–H and O–H groups in total. The van der Waals surface area contributed by atoms with Crippen LogP contribution in [-0.2, 0) is 10.1 Å². The molecule has 29 heavy (non-hydrogen) atoms. The molecule has 5 heteroatoms. The maximum absolute atomic E-state index is 10.4. The van der Waals surface area contributed by atoms with Crippen LogP contribution in [0.3, 0.4) is 0 Å². The molecule has 1 aromatic carbocycles. The molecule has 0 aliphatic carbocycles. The molecule has 0 unspecified atom stereocenters. The highest BCUT2D eigenvalue weighted by atomic mass is 32.2. The number of benzene rings is 1. The Morgan fingerprint density at radius 3 is 1.45 bits per heavy atom. The van der Waals surface area contributed by atoms with Crippen molar-refractivity contribution in [3.8, 4) is 0 Å². The second-order valence-electron chi connectivity index (χ2n) is 8.47. The molecule has 0 heterocycles. The van der Waals surface area contributed by atoms with Crippen molar-refractivity contribution in [2.45, 2.75) is 102 Å². The Morgan fingerprint density at radius 2 is 1.10 bits per heavy atom. The molecule has 1 rings (SSSR count). The van der Waals surface area contributed by atoms with E-state index in [1.165, 1.54) is 102 Å². The minimum absolute atomic E-state index is 0.178. The van der Waals surface area contributed by atoms with E-state index >= 15 is 0 Å². The third-order valence-electron chi connectivity index (χ3n) is 5.09. The van der Waals surface area contributed by atoms with E-state index in [0.29, 0.717) is 0 Å². The van der Waals surface area contributed by atoms with E-state index in [9.17, 15) is 13.0 Å². The van der Waals surface area contributed by atoms with Crippen molar-refractivity contribution < 1.29 is 17.9 Å². The first kappa shape index (κ1) is 28.1. The van der Waals surface area contributed by atoms with Crippen LogP contribution < -0.4 is 4.90 Å². The molecule has 170 valence electrons. The zero-order valence-corrected chi connectivity index (χ0v) is 20.2. The summed E-state index contributed by atoms with van der Waals surface area (Å²) < 4.78 is 31.2. The molecule has 0 aromatic heterocycles. The topological polar surface area (TPSA) is 61.6 Å². The highest BCUT2D eigenvalue weighted by Gasteiger charge is 1.98. The van der Waals surface area contributed by atoms with E-state index < -0.39 is 10.1 Å². The molecule has 4 nitrogen and oxygen atoms in total. The Balaban J connectivity index is 0.000000604. The number of nitrogens with one attached hydrogen (secondary N) is 1. The summed E-state index contributed by atoms with van der Waals surface area (Å²) in [5.41, 5.74) is 0.928. The highest BCUT2D eigenvalue weighted by Crippen LogP contribution is 2.12. The van der Waals surface area contributed by atoms with Crippen LogP contribution in [0.2, 0.25) is 0 Å². The molecule has 0 atom stereocenters. The highest BCUT2D eigenvalue weighted by molar-refractivity contribution is 7.85. The van der Waals surface area contributed by atoms with Crippen molar-refractivity contribution in [3.63, 3.8) is 0 Å². The predicted molar refractivity (Wildman–Crippen MR) is 123 cm³/mol. The van der Waals surface area contributed by atoms with Crippen LogP contribution in [0.25, 0.3) is 0 Å². The first-order valence-corrected chi connectivity index (χ1v) is 13.0. The number of hydrogen-bond acceptors (Lipinski definition) is 3. The summed E-state index contributed by atoms with van der Waals surface area (Å²) in [7, 11) is 0.231. The van der Waals surface area contributed by atoms with Crippen molar-refractivity contribution in [1.29, 1.82) is 0 Å². The zero-order chi connectivity index (χ0) is 22.0. The van der Waals surface area contributed by atoms with E-state index in [4.69, 9.17) is 0 Å². The maximum atomic E-state index is 10.4. The lowest BCUT2D eigenvalue weighted by Crippen LogP contribution is -3.05. The fourth-order valence-electron chi connectivity index (χ4n) is 3.20. The van der Waals surface area contributed by atoms with Crippen molar-refractivity contribution in [3.05, 3.63) is 29.8 Å². The van der Waals surface area contributed by atoms with Crippen molar-refractivity contribution >= 4 is 10.1 Å². The lowest BCUT2D eigenvalue weighted by Gasteiger charge is -2.06. The standard InChI is InChI=1S/C17H37N.C7H8O3S/c1-4-5-6-7-8-9-10-11-12-13-14-15-16-17-18(2)3;1-6-2-4-7(5-3-6)11(8,9)10/h4-17H2,1-3H3;2-5H,1H3,(H,8,9,10). The van der Waals surface area contributed by atoms with Gasteiger partial charge in [-0.1, -0.05) is 95.2 Å². The van der Waals surface area contributed by atoms with E-state index in [2.05, 4.69) is 21.0 Å². The van der Waals surface area contributed by atoms with Gasteiger partial charge in [-0.2, -0.15) is 0 Å². The summed E-state index contributed by atoms with van der Waals surface area (Å²) in [6, 6.07) is 5.78. The molecule has 0 saturated carbocycles. The van der Waals surface area contributed by atoms with Crippen LogP contribution in [0.5, 0.6) is 0 Å². The largest absolute Gasteiger partial charge is 0.744 e. The summed E-state index contributed by atoms with van der Waals surface area (Å²) in [6.45, 7) is 5.46. The van der Waals surface area contributed by atoms with Gasteiger partial charge in [0.05, 0.1) is 25.5 Å². The van der Waals surface area contributed by atoms with E-state index in [-0.39, 0.29) is 4.90 Å². The molecule has 0 aliphatic heterocycles. The van der Waals surface area contributed by atoms with Crippen molar-refractivity contribution in [1.82, 2.24) is 0 Å². The van der Waals surface area contributed by atoms with Gasteiger partial charge in [-0.25, -0.2) is 8.42 Å². The Bertz CT molecular complexity index is 583. The molecule has 0 amide bonds. The minimum Gasteiger partial charge on any atom is -0.744 e. The number of aryl methyl sites for hydroxylation is 1. The van der Waals surface area contributed by atoms with Crippen LogP contribution in [0, 0.1) is 6.92 Å². The average Bonchev–Trinajstić information content (AvgIpc) is 2.65. The summed E-state index contributed by atoms with van der Waals surface area (Å²) >= 11 is 0. The van der Waals surface area contributed by atoms with Crippen molar-refractivity contribution in [2.24, 2.45) is 0 Å². The Kier molecular flexibility index (Phi) is 17.3. The summed E-state index contributed by atoms with van der Waals surface area (Å²) in [4.78, 5) is 1.42. The number of rotatable bonds is 15. The van der Waals surface area contributed by atoms with E-state index in [1.54, 1.807) is 17.0 Å². The molecule has 0 saturated heterocycles. The third-order valence-corrected chi connectivity index (χ3v) is 5.94. The molecule has 0 bridgehead atoms. The van der Waals surface area contributed by atoms with Gasteiger partial charge >= 0.3 is 0 Å². The molecular weight excluding hydrogens is 382 g/mol.